The number of anilines is 1. The van der Waals surface area contributed by atoms with Crippen molar-refractivity contribution in [2.45, 2.75) is 45.6 Å². The van der Waals surface area contributed by atoms with Gasteiger partial charge in [-0.05, 0) is 88.6 Å². The third-order valence-electron chi connectivity index (χ3n) is 6.92. The van der Waals surface area contributed by atoms with E-state index in [1.54, 1.807) is 0 Å². The molecule has 1 amide bonds. The summed E-state index contributed by atoms with van der Waals surface area (Å²) in [5.74, 6) is 0.312. The highest BCUT2D eigenvalue weighted by molar-refractivity contribution is 5.92. The minimum Gasteiger partial charge on any atom is -0.326 e. The summed E-state index contributed by atoms with van der Waals surface area (Å²) in [4.78, 5) is 18.0. The molecule has 2 saturated heterocycles. The van der Waals surface area contributed by atoms with Crippen LogP contribution in [0.25, 0.3) is 11.1 Å². The van der Waals surface area contributed by atoms with Gasteiger partial charge in [-0.1, -0.05) is 48.9 Å². The molecule has 2 heterocycles. The number of carbonyl (C=O) groups is 1. The SMILES string of the molecule is CCN1CCC(N2CCC(C(=O)Nc3ccc(-c4cccc(C)c4)cc3)CC2)CC1. The standard InChI is InChI=1S/C26H35N3O/c1-3-28-15-13-25(14-16-28)29-17-11-22(12-18-29)26(30)27-24-9-7-21(8-10-24)23-6-4-5-20(2)19-23/h4-10,19,22,25H,3,11-18H2,1-2H3,(H,27,30). The molecule has 0 aliphatic carbocycles. The third kappa shape index (κ3) is 5.11. The lowest BCUT2D eigenvalue weighted by atomic mass is 9.92. The molecule has 1 N–H and O–H groups in total. The first kappa shape index (κ1) is 21.1. The van der Waals surface area contributed by atoms with Gasteiger partial charge in [0.25, 0.3) is 0 Å². The predicted octanol–water partition coefficient (Wildman–Crippen LogP) is 4.80. The number of hydrogen-bond acceptors (Lipinski definition) is 3. The average Bonchev–Trinajstić information content (AvgIpc) is 2.80. The second kappa shape index (κ2) is 9.76. The van der Waals surface area contributed by atoms with Gasteiger partial charge < -0.3 is 15.1 Å². The molecule has 4 nitrogen and oxygen atoms in total. The fourth-order valence-corrected chi connectivity index (χ4v) is 4.94. The Balaban J connectivity index is 1.27. The maximum absolute atomic E-state index is 12.8. The maximum atomic E-state index is 12.8. The Morgan fingerprint density at radius 3 is 2.27 bits per heavy atom. The third-order valence-corrected chi connectivity index (χ3v) is 6.92. The monoisotopic (exact) mass is 405 g/mol. The Labute approximate surface area is 181 Å². The molecule has 2 fully saturated rings. The molecule has 30 heavy (non-hydrogen) atoms. The van der Waals surface area contributed by atoms with Crippen molar-refractivity contribution in [2.75, 3.05) is 38.0 Å². The Bertz CT molecular complexity index is 832. The van der Waals surface area contributed by atoms with E-state index >= 15 is 0 Å². The van der Waals surface area contributed by atoms with Crippen LogP contribution in [0.15, 0.2) is 48.5 Å². The number of rotatable bonds is 5. The number of likely N-dealkylation sites (tertiary alicyclic amines) is 2. The molecular weight excluding hydrogens is 370 g/mol. The van der Waals surface area contributed by atoms with Crippen LogP contribution in [-0.4, -0.2) is 54.5 Å². The summed E-state index contributed by atoms with van der Waals surface area (Å²) < 4.78 is 0. The van der Waals surface area contributed by atoms with E-state index in [9.17, 15) is 4.79 Å². The van der Waals surface area contributed by atoms with Crippen molar-refractivity contribution < 1.29 is 4.79 Å². The average molecular weight is 406 g/mol. The molecule has 0 atom stereocenters. The number of amides is 1. The molecule has 4 rings (SSSR count). The zero-order valence-corrected chi connectivity index (χ0v) is 18.4. The van der Waals surface area contributed by atoms with Crippen molar-refractivity contribution in [1.82, 2.24) is 9.80 Å². The summed E-state index contributed by atoms with van der Waals surface area (Å²) in [6.07, 6.45) is 4.50. The van der Waals surface area contributed by atoms with E-state index in [0.717, 1.165) is 31.6 Å². The van der Waals surface area contributed by atoms with Gasteiger partial charge in [-0.3, -0.25) is 4.79 Å². The number of piperidine rings is 2. The lowest BCUT2D eigenvalue weighted by Gasteiger charge is -2.41. The van der Waals surface area contributed by atoms with Gasteiger partial charge in [0.2, 0.25) is 5.91 Å². The molecule has 0 saturated carbocycles. The smallest absolute Gasteiger partial charge is 0.227 e. The van der Waals surface area contributed by atoms with Gasteiger partial charge in [-0.2, -0.15) is 0 Å². The van der Waals surface area contributed by atoms with Gasteiger partial charge in [-0.15, -0.1) is 0 Å². The maximum Gasteiger partial charge on any atom is 0.227 e. The van der Waals surface area contributed by atoms with Crippen LogP contribution in [0.4, 0.5) is 5.69 Å². The van der Waals surface area contributed by atoms with Gasteiger partial charge in [0.1, 0.15) is 0 Å². The van der Waals surface area contributed by atoms with Crippen molar-refractivity contribution in [1.29, 1.82) is 0 Å². The molecule has 2 aliphatic heterocycles. The van der Waals surface area contributed by atoms with E-state index in [1.807, 2.05) is 12.1 Å². The van der Waals surface area contributed by atoms with Crippen LogP contribution in [-0.2, 0) is 4.79 Å². The Morgan fingerprint density at radius 2 is 1.63 bits per heavy atom. The fraction of sp³-hybridized carbons (Fsp3) is 0.500. The predicted molar refractivity (Wildman–Crippen MR) is 125 cm³/mol. The quantitative estimate of drug-likeness (QED) is 0.776. The lowest BCUT2D eigenvalue weighted by Crippen LogP contribution is -2.48. The molecular formula is C26H35N3O. The van der Waals surface area contributed by atoms with E-state index in [-0.39, 0.29) is 11.8 Å². The molecule has 2 aromatic rings. The molecule has 0 bridgehead atoms. The first-order chi connectivity index (χ1) is 14.6. The van der Waals surface area contributed by atoms with E-state index in [0.29, 0.717) is 6.04 Å². The van der Waals surface area contributed by atoms with E-state index in [1.165, 1.54) is 49.2 Å². The van der Waals surface area contributed by atoms with Crippen molar-refractivity contribution in [3.8, 4) is 11.1 Å². The minimum atomic E-state index is 0.133. The van der Waals surface area contributed by atoms with Crippen LogP contribution in [0.1, 0.15) is 38.2 Å². The van der Waals surface area contributed by atoms with Crippen LogP contribution in [0.3, 0.4) is 0 Å². The largest absolute Gasteiger partial charge is 0.326 e. The van der Waals surface area contributed by atoms with Crippen LogP contribution in [0.5, 0.6) is 0 Å². The van der Waals surface area contributed by atoms with Crippen molar-refractivity contribution in [3.05, 3.63) is 54.1 Å². The van der Waals surface area contributed by atoms with E-state index < -0.39 is 0 Å². The Kier molecular flexibility index (Phi) is 6.86. The van der Waals surface area contributed by atoms with Gasteiger partial charge in [0, 0.05) is 17.6 Å². The molecule has 2 aliphatic rings. The zero-order chi connectivity index (χ0) is 20.9. The van der Waals surface area contributed by atoms with Crippen molar-refractivity contribution in [2.24, 2.45) is 5.92 Å². The van der Waals surface area contributed by atoms with Crippen LogP contribution in [0, 0.1) is 12.8 Å². The van der Waals surface area contributed by atoms with E-state index in [2.05, 4.69) is 65.4 Å². The second-order valence-corrected chi connectivity index (χ2v) is 8.91. The first-order valence-corrected chi connectivity index (χ1v) is 11.6. The molecule has 0 radical (unpaired) electrons. The van der Waals surface area contributed by atoms with Gasteiger partial charge in [-0.25, -0.2) is 0 Å². The summed E-state index contributed by atoms with van der Waals surface area (Å²) in [6.45, 7) is 10.1. The summed E-state index contributed by atoms with van der Waals surface area (Å²) in [5.41, 5.74) is 4.54. The van der Waals surface area contributed by atoms with E-state index in [4.69, 9.17) is 0 Å². The van der Waals surface area contributed by atoms with Gasteiger partial charge >= 0.3 is 0 Å². The highest BCUT2D eigenvalue weighted by Crippen LogP contribution is 2.26. The van der Waals surface area contributed by atoms with Crippen molar-refractivity contribution in [3.63, 3.8) is 0 Å². The molecule has 4 heteroatoms. The van der Waals surface area contributed by atoms with Gasteiger partial charge in [0.05, 0.1) is 0 Å². The van der Waals surface area contributed by atoms with Crippen LogP contribution >= 0.6 is 0 Å². The highest BCUT2D eigenvalue weighted by atomic mass is 16.1. The number of aryl methyl sites for hydroxylation is 1. The van der Waals surface area contributed by atoms with Gasteiger partial charge in [0.15, 0.2) is 0 Å². The molecule has 0 aromatic heterocycles. The summed E-state index contributed by atoms with van der Waals surface area (Å²) in [6, 6.07) is 17.4. The first-order valence-electron chi connectivity index (χ1n) is 11.6. The Hall–Kier alpha value is -2.17. The lowest BCUT2D eigenvalue weighted by molar-refractivity contribution is -0.121. The highest BCUT2D eigenvalue weighted by Gasteiger charge is 2.30. The fourth-order valence-electron chi connectivity index (χ4n) is 4.94. The number of benzene rings is 2. The normalized spacial score (nSPS) is 19.7. The molecule has 0 unspecified atom stereocenters. The minimum absolute atomic E-state index is 0.133. The second-order valence-electron chi connectivity index (χ2n) is 8.91. The topological polar surface area (TPSA) is 35.6 Å². The summed E-state index contributed by atoms with van der Waals surface area (Å²) in [5, 5.41) is 3.15. The summed E-state index contributed by atoms with van der Waals surface area (Å²) >= 11 is 0. The number of hydrogen-bond donors (Lipinski definition) is 1. The Morgan fingerprint density at radius 1 is 0.933 bits per heavy atom. The number of carbonyl (C=O) groups excluding carboxylic acids is 1. The summed E-state index contributed by atoms with van der Waals surface area (Å²) in [7, 11) is 0. The molecule has 160 valence electrons. The molecule has 2 aromatic carbocycles. The number of nitrogens with one attached hydrogen (secondary N) is 1. The van der Waals surface area contributed by atoms with Crippen LogP contribution < -0.4 is 5.32 Å². The zero-order valence-electron chi connectivity index (χ0n) is 18.4. The molecule has 0 spiro atoms. The number of nitrogens with zero attached hydrogens (tertiary/aromatic N) is 2. The van der Waals surface area contributed by atoms with Crippen LogP contribution in [0.2, 0.25) is 0 Å². The van der Waals surface area contributed by atoms with Crippen molar-refractivity contribution >= 4 is 11.6 Å².